The van der Waals surface area contributed by atoms with Gasteiger partial charge in [0.1, 0.15) is 11.3 Å². The lowest BCUT2D eigenvalue weighted by Crippen LogP contribution is -2.06. The predicted octanol–water partition coefficient (Wildman–Crippen LogP) is 2.82. The number of ether oxygens (including phenoxy) is 1. The van der Waals surface area contributed by atoms with E-state index in [0.29, 0.717) is 47.2 Å². The lowest BCUT2D eigenvalue weighted by atomic mass is 10.2. The number of methoxy groups -OCH3 is 1. The van der Waals surface area contributed by atoms with Crippen LogP contribution in [-0.4, -0.2) is 42.6 Å². The molecule has 132 valence electrons. The summed E-state index contributed by atoms with van der Waals surface area (Å²) in [6.45, 7) is 0. The van der Waals surface area contributed by atoms with Crippen LogP contribution < -0.4 is 0 Å². The summed E-state index contributed by atoms with van der Waals surface area (Å²) in [5, 5.41) is 5.25. The van der Waals surface area contributed by atoms with Crippen molar-refractivity contribution in [3.05, 3.63) is 41.4 Å². The maximum Gasteiger partial charge on any atom is 0.305 e. The Morgan fingerprint density at radius 3 is 2.85 bits per heavy atom. The van der Waals surface area contributed by atoms with Crippen LogP contribution in [0.2, 0.25) is 5.02 Å². The number of benzene rings is 1. The number of nitrogens with one attached hydrogen (secondary N) is 1. The van der Waals surface area contributed by atoms with Gasteiger partial charge in [-0.05, 0) is 30.7 Å². The molecule has 0 bridgehead atoms. The number of rotatable bonds is 5. The molecule has 4 aromatic rings. The zero-order chi connectivity index (χ0) is 18.1. The fourth-order valence-electron chi connectivity index (χ4n) is 2.74. The molecule has 0 aliphatic heterocycles. The second kappa shape index (κ2) is 6.72. The smallest absolute Gasteiger partial charge is 0.305 e. The molecule has 0 atom stereocenters. The van der Waals surface area contributed by atoms with Gasteiger partial charge in [0.25, 0.3) is 0 Å². The van der Waals surface area contributed by atoms with E-state index >= 15 is 0 Å². The fourth-order valence-corrected chi connectivity index (χ4v) is 2.86. The van der Waals surface area contributed by atoms with E-state index in [1.54, 1.807) is 23.0 Å². The van der Waals surface area contributed by atoms with Crippen molar-refractivity contribution in [3.8, 4) is 11.4 Å². The number of H-pyrrole nitrogens is 1. The Morgan fingerprint density at radius 2 is 2.08 bits per heavy atom. The number of hydrogen-bond acceptors (Lipinski definition) is 6. The third-order valence-electron chi connectivity index (χ3n) is 4.04. The molecule has 0 fully saturated rings. The molecular weight excluding hydrogens is 356 g/mol. The Bertz CT molecular complexity index is 1090. The summed E-state index contributed by atoms with van der Waals surface area (Å²) in [5.41, 5.74) is 2.78. The number of esters is 1. The number of carbonyl (C=O) groups is 1. The van der Waals surface area contributed by atoms with Crippen LogP contribution in [0, 0.1) is 0 Å². The molecule has 0 aliphatic rings. The van der Waals surface area contributed by atoms with Crippen LogP contribution in [0.15, 0.2) is 30.6 Å². The van der Waals surface area contributed by atoms with Gasteiger partial charge in [0.15, 0.2) is 17.1 Å². The van der Waals surface area contributed by atoms with E-state index in [2.05, 4.69) is 29.8 Å². The molecule has 1 aromatic carbocycles. The summed E-state index contributed by atoms with van der Waals surface area (Å²) >= 11 is 5.95. The zero-order valence-electron chi connectivity index (χ0n) is 13.9. The summed E-state index contributed by atoms with van der Waals surface area (Å²) in [6, 6.07) is 7.32. The van der Waals surface area contributed by atoms with Gasteiger partial charge in [0.2, 0.25) is 0 Å². The molecule has 3 aromatic heterocycles. The Kier molecular flexibility index (Phi) is 4.26. The van der Waals surface area contributed by atoms with Crippen LogP contribution in [0.4, 0.5) is 0 Å². The first-order chi connectivity index (χ1) is 12.7. The van der Waals surface area contributed by atoms with Crippen molar-refractivity contribution >= 4 is 34.4 Å². The molecule has 3 heterocycles. The number of fused-ring (bicyclic) bond motifs is 3. The first-order valence-corrected chi connectivity index (χ1v) is 8.45. The van der Waals surface area contributed by atoms with Crippen LogP contribution >= 0.6 is 11.6 Å². The number of aromatic nitrogens is 6. The van der Waals surface area contributed by atoms with Gasteiger partial charge in [0.05, 0.1) is 13.4 Å². The van der Waals surface area contributed by atoms with Crippen molar-refractivity contribution in [3.63, 3.8) is 0 Å². The van der Waals surface area contributed by atoms with E-state index in [0.717, 1.165) is 11.1 Å². The van der Waals surface area contributed by atoms with Crippen LogP contribution in [0.5, 0.6) is 0 Å². The second-order valence-corrected chi connectivity index (χ2v) is 6.17. The van der Waals surface area contributed by atoms with Gasteiger partial charge in [0, 0.05) is 23.4 Å². The van der Waals surface area contributed by atoms with E-state index in [1.807, 2.05) is 12.1 Å². The summed E-state index contributed by atoms with van der Waals surface area (Å²) < 4.78 is 6.38. The number of hydrogen-bond donors (Lipinski definition) is 1. The van der Waals surface area contributed by atoms with Gasteiger partial charge in [-0.15, -0.1) is 5.10 Å². The van der Waals surface area contributed by atoms with Crippen molar-refractivity contribution < 1.29 is 9.53 Å². The molecule has 1 N–H and O–H groups in total. The zero-order valence-corrected chi connectivity index (χ0v) is 14.7. The van der Waals surface area contributed by atoms with Crippen molar-refractivity contribution in [2.75, 3.05) is 7.11 Å². The molecule has 0 radical (unpaired) electrons. The normalized spacial score (nSPS) is 11.3. The van der Waals surface area contributed by atoms with Crippen LogP contribution in [-0.2, 0) is 16.0 Å². The Labute approximate surface area is 153 Å². The average molecular weight is 371 g/mol. The average Bonchev–Trinajstić information content (AvgIpc) is 3.28. The molecule has 0 saturated heterocycles. The van der Waals surface area contributed by atoms with Crippen LogP contribution in [0.1, 0.15) is 18.7 Å². The Hall–Kier alpha value is -3.00. The first kappa shape index (κ1) is 16.5. The van der Waals surface area contributed by atoms with E-state index in [1.165, 1.54) is 7.11 Å². The number of carbonyl (C=O) groups excluding carboxylic acids is 1. The van der Waals surface area contributed by atoms with Gasteiger partial charge in [-0.2, -0.15) is 4.52 Å². The topological polar surface area (TPSA) is 98.1 Å². The highest BCUT2D eigenvalue weighted by atomic mass is 35.5. The van der Waals surface area contributed by atoms with Gasteiger partial charge in [-0.25, -0.2) is 15.0 Å². The number of imidazole rings is 1. The number of nitrogens with zero attached hydrogens (tertiary/aromatic N) is 5. The Balaban J connectivity index is 1.77. The van der Waals surface area contributed by atoms with Crippen molar-refractivity contribution in [2.45, 2.75) is 19.3 Å². The van der Waals surface area contributed by atoms with E-state index in [9.17, 15) is 4.79 Å². The molecule has 4 rings (SSSR count). The van der Waals surface area contributed by atoms with E-state index in [4.69, 9.17) is 11.6 Å². The highest BCUT2D eigenvalue weighted by Crippen LogP contribution is 2.22. The van der Waals surface area contributed by atoms with Crippen molar-refractivity contribution in [1.82, 2.24) is 29.5 Å². The molecule has 9 heteroatoms. The van der Waals surface area contributed by atoms with Gasteiger partial charge >= 0.3 is 5.97 Å². The molecule has 0 saturated carbocycles. The minimum absolute atomic E-state index is 0.248. The SMILES string of the molecule is COC(=O)CCCc1nc2nc[nH]c2c2nc(-c3ccc(Cl)cc3)nn12. The summed E-state index contributed by atoms with van der Waals surface area (Å²) in [7, 11) is 1.38. The van der Waals surface area contributed by atoms with Crippen molar-refractivity contribution in [2.24, 2.45) is 0 Å². The minimum atomic E-state index is -0.248. The summed E-state index contributed by atoms with van der Waals surface area (Å²) in [4.78, 5) is 27.8. The first-order valence-electron chi connectivity index (χ1n) is 8.07. The van der Waals surface area contributed by atoms with E-state index < -0.39 is 0 Å². The van der Waals surface area contributed by atoms with Gasteiger partial charge in [-0.3, -0.25) is 4.79 Å². The molecule has 0 unspecified atom stereocenters. The number of aryl methyl sites for hydroxylation is 1. The fraction of sp³-hybridized carbons (Fsp3) is 0.235. The maximum atomic E-state index is 11.3. The molecule has 0 aliphatic carbocycles. The largest absolute Gasteiger partial charge is 0.469 e. The lowest BCUT2D eigenvalue weighted by Gasteiger charge is -2.03. The summed E-state index contributed by atoms with van der Waals surface area (Å²) in [6.07, 6.45) is 3.04. The molecular formula is C17H15ClN6O2. The minimum Gasteiger partial charge on any atom is -0.469 e. The lowest BCUT2D eigenvalue weighted by molar-refractivity contribution is -0.140. The van der Waals surface area contributed by atoms with Crippen LogP contribution in [0.3, 0.4) is 0 Å². The highest BCUT2D eigenvalue weighted by Gasteiger charge is 2.16. The number of halogens is 1. The molecule has 0 amide bonds. The van der Waals surface area contributed by atoms with Crippen LogP contribution in [0.25, 0.3) is 28.2 Å². The van der Waals surface area contributed by atoms with E-state index in [-0.39, 0.29) is 5.97 Å². The Morgan fingerprint density at radius 1 is 1.27 bits per heavy atom. The molecule has 26 heavy (non-hydrogen) atoms. The standard InChI is InChI=1S/C17H15ClN6O2/c1-26-13(25)4-2-3-12-21-16-14(19-9-20-16)17-22-15(23-24(12)17)10-5-7-11(18)8-6-10/h5-9H,2-4H2,1H3,(H,19,20). The second-order valence-electron chi connectivity index (χ2n) is 5.74. The third kappa shape index (κ3) is 2.99. The highest BCUT2D eigenvalue weighted by molar-refractivity contribution is 6.30. The monoisotopic (exact) mass is 370 g/mol. The quantitative estimate of drug-likeness (QED) is 0.542. The predicted molar refractivity (Wildman–Crippen MR) is 95.8 cm³/mol. The number of aromatic amines is 1. The molecule has 0 spiro atoms. The summed E-state index contributed by atoms with van der Waals surface area (Å²) in [5.74, 6) is 1.01. The van der Waals surface area contributed by atoms with Gasteiger partial charge < -0.3 is 9.72 Å². The molecule has 8 nitrogen and oxygen atoms in total. The van der Waals surface area contributed by atoms with Crippen molar-refractivity contribution in [1.29, 1.82) is 0 Å². The third-order valence-corrected chi connectivity index (χ3v) is 4.29. The maximum absolute atomic E-state index is 11.3. The van der Waals surface area contributed by atoms with Gasteiger partial charge in [-0.1, -0.05) is 11.6 Å².